The number of aryl methyl sites for hydroxylation is 2. The molecule has 0 unspecified atom stereocenters. The first-order valence-corrected chi connectivity index (χ1v) is 4.76. The summed E-state index contributed by atoms with van der Waals surface area (Å²) in [4.78, 5) is 3.67. The summed E-state index contributed by atoms with van der Waals surface area (Å²) in [5.74, 6) is 0. The Balaban J connectivity index is 0.00000144. The number of pyridine rings is 1. The summed E-state index contributed by atoms with van der Waals surface area (Å²) < 4.78 is 29.9. The average Bonchev–Trinajstić information content (AvgIpc) is 1.82. The molecule has 0 spiro atoms. The van der Waals surface area contributed by atoms with E-state index in [1.54, 1.807) is 19.9 Å². The van der Waals surface area contributed by atoms with Gasteiger partial charge in [-0.15, -0.1) is 0 Å². The third-order valence-corrected chi connectivity index (χ3v) is 2.08. The van der Waals surface area contributed by atoms with E-state index in [0.29, 0.717) is 5.69 Å². The molecule has 0 aliphatic carbocycles. The van der Waals surface area contributed by atoms with Crippen LogP contribution in [0, 0.1) is 13.8 Å². The van der Waals surface area contributed by atoms with Gasteiger partial charge in [0.05, 0.1) is 0 Å². The van der Waals surface area contributed by atoms with Crippen molar-refractivity contribution in [3.63, 3.8) is 0 Å². The van der Waals surface area contributed by atoms with E-state index >= 15 is 0 Å². The second-order valence-electron chi connectivity index (χ2n) is 2.60. The molecule has 4 nitrogen and oxygen atoms in total. The second-order valence-corrected chi connectivity index (χ2v) is 3.97. The molecule has 1 aromatic rings. The Morgan fingerprint density at radius 1 is 1.31 bits per heavy atom. The Hall–Kier alpha value is 0.0600. The fourth-order valence-corrected chi connectivity index (χ4v) is 1.53. The zero-order valence-electron chi connectivity index (χ0n) is 6.77. The SMILES string of the molecule is Cc1cc(C)nc(S(=O)(=O)O)c1.[NaH]. The number of rotatable bonds is 1. The summed E-state index contributed by atoms with van der Waals surface area (Å²) in [6, 6.07) is 3.05. The van der Waals surface area contributed by atoms with Crippen LogP contribution in [0.4, 0.5) is 0 Å². The van der Waals surface area contributed by atoms with Crippen LogP contribution >= 0.6 is 0 Å². The third-order valence-electron chi connectivity index (χ3n) is 1.34. The standard InChI is InChI=1S/C7H9NO3S.Na.H/c1-5-3-6(2)8-7(4-5)12(9,10)11;;/h3-4H,1-2H3,(H,9,10,11);;. The van der Waals surface area contributed by atoms with Crippen LogP contribution in [-0.4, -0.2) is 47.5 Å². The zero-order valence-corrected chi connectivity index (χ0v) is 7.59. The van der Waals surface area contributed by atoms with E-state index in [-0.39, 0.29) is 34.6 Å². The minimum atomic E-state index is -4.16. The van der Waals surface area contributed by atoms with Crippen LogP contribution < -0.4 is 0 Å². The van der Waals surface area contributed by atoms with Crippen molar-refractivity contribution in [3.05, 3.63) is 23.4 Å². The van der Waals surface area contributed by atoms with Crippen molar-refractivity contribution in [2.24, 2.45) is 0 Å². The zero-order chi connectivity index (χ0) is 9.35. The Labute approximate surface area is 99.4 Å². The van der Waals surface area contributed by atoms with Gasteiger partial charge in [-0.3, -0.25) is 4.55 Å². The molecule has 68 valence electrons. The molecule has 0 aromatic carbocycles. The Bertz CT molecular complexity index is 382. The van der Waals surface area contributed by atoms with Crippen LogP contribution in [0.25, 0.3) is 0 Å². The van der Waals surface area contributed by atoms with Crippen molar-refractivity contribution in [1.29, 1.82) is 0 Å². The number of nitrogens with zero attached hydrogens (tertiary/aromatic N) is 1. The number of hydrogen-bond donors (Lipinski definition) is 1. The first kappa shape index (κ1) is 13.1. The van der Waals surface area contributed by atoms with Gasteiger partial charge in [0.25, 0.3) is 0 Å². The van der Waals surface area contributed by atoms with E-state index < -0.39 is 10.1 Å². The quantitative estimate of drug-likeness (QED) is 0.535. The van der Waals surface area contributed by atoms with Gasteiger partial charge in [0.1, 0.15) is 0 Å². The van der Waals surface area contributed by atoms with Crippen LogP contribution in [-0.2, 0) is 10.1 Å². The summed E-state index contributed by atoms with van der Waals surface area (Å²) in [6.07, 6.45) is 0. The van der Waals surface area contributed by atoms with E-state index in [1.165, 1.54) is 6.07 Å². The van der Waals surface area contributed by atoms with E-state index in [0.717, 1.165) is 5.56 Å². The Morgan fingerprint density at radius 3 is 2.23 bits per heavy atom. The normalized spacial score (nSPS) is 10.7. The topological polar surface area (TPSA) is 67.3 Å². The summed E-state index contributed by atoms with van der Waals surface area (Å²) in [6.45, 7) is 3.41. The second kappa shape index (κ2) is 4.52. The molecule has 0 bridgehead atoms. The van der Waals surface area contributed by atoms with Gasteiger partial charge in [-0.25, -0.2) is 4.98 Å². The van der Waals surface area contributed by atoms with E-state index in [2.05, 4.69) is 4.98 Å². The molecule has 0 amide bonds. The molecule has 0 saturated heterocycles. The van der Waals surface area contributed by atoms with Gasteiger partial charge in [-0.2, -0.15) is 8.42 Å². The maximum absolute atomic E-state index is 10.6. The number of hydrogen-bond acceptors (Lipinski definition) is 3. The van der Waals surface area contributed by atoms with E-state index in [4.69, 9.17) is 4.55 Å². The van der Waals surface area contributed by atoms with Crippen LogP contribution in [0.15, 0.2) is 17.2 Å². The monoisotopic (exact) mass is 211 g/mol. The molecule has 0 aliphatic rings. The predicted octanol–water partition coefficient (Wildman–Crippen LogP) is 0.297. The Kier molecular flexibility index (Phi) is 4.54. The average molecular weight is 211 g/mol. The molecular weight excluding hydrogens is 201 g/mol. The van der Waals surface area contributed by atoms with Crippen molar-refractivity contribution < 1.29 is 13.0 Å². The molecule has 13 heavy (non-hydrogen) atoms. The predicted molar refractivity (Wildman–Crippen MR) is 50.7 cm³/mol. The van der Waals surface area contributed by atoms with Gasteiger partial charge >= 0.3 is 39.7 Å². The summed E-state index contributed by atoms with van der Waals surface area (Å²) in [5, 5.41) is -0.292. The van der Waals surface area contributed by atoms with Crippen molar-refractivity contribution in [1.82, 2.24) is 4.98 Å². The molecule has 0 atom stereocenters. The maximum atomic E-state index is 10.6. The van der Waals surface area contributed by atoms with E-state index in [1.807, 2.05) is 0 Å². The third kappa shape index (κ3) is 3.74. The van der Waals surface area contributed by atoms with Crippen molar-refractivity contribution in [2.75, 3.05) is 0 Å². The van der Waals surface area contributed by atoms with Crippen LogP contribution in [0.5, 0.6) is 0 Å². The number of aromatic nitrogens is 1. The molecule has 0 radical (unpaired) electrons. The van der Waals surface area contributed by atoms with Gasteiger partial charge in [-0.05, 0) is 31.5 Å². The Morgan fingerprint density at radius 2 is 1.85 bits per heavy atom. The molecule has 0 aliphatic heterocycles. The van der Waals surface area contributed by atoms with Crippen molar-refractivity contribution in [3.8, 4) is 0 Å². The summed E-state index contributed by atoms with van der Waals surface area (Å²) >= 11 is 0. The van der Waals surface area contributed by atoms with Gasteiger partial charge in [0, 0.05) is 5.69 Å². The summed E-state index contributed by atoms with van der Waals surface area (Å²) in [7, 11) is -4.16. The molecule has 0 fully saturated rings. The summed E-state index contributed by atoms with van der Waals surface area (Å²) in [5.41, 5.74) is 1.33. The van der Waals surface area contributed by atoms with Crippen LogP contribution in [0.2, 0.25) is 0 Å². The van der Waals surface area contributed by atoms with E-state index in [9.17, 15) is 8.42 Å². The molecule has 1 N–H and O–H groups in total. The van der Waals surface area contributed by atoms with Crippen LogP contribution in [0.1, 0.15) is 11.3 Å². The van der Waals surface area contributed by atoms with Gasteiger partial charge in [0.15, 0.2) is 5.03 Å². The molecule has 1 heterocycles. The fourth-order valence-electron chi connectivity index (χ4n) is 0.936. The van der Waals surface area contributed by atoms with Gasteiger partial charge in [0.2, 0.25) is 0 Å². The fraction of sp³-hybridized carbons (Fsp3) is 0.286. The van der Waals surface area contributed by atoms with Crippen molar-refractivity contribution in [2.45, 2.75) is 18.9 Å². The van der Waals surface area contributed by atoms with Crippen molar-refractivity contribution >= 4 is 39.7 Å². The van der Waals surface area contributed by atoms with Crippen LogP contribution in [0.3, 0.4) is 0 Å². The first-order chi connectivity index (χ1) is 5.39. The molecule has 1 rings (SSSR count). The molecular formula is C7H10NNaO3S. The minimum absolute atomic E-state index is 0. The van der Waals surface area contributed by atoms with Gasteiger partial charge in [-0.1, -0.05) is 0 Å². The first-order valence-electron chi connectivity index (χ1n) is 3.32. The molecule has 6 heteroatoms. The molecule has 0 saturated carbocycles. The van der Waals surface area contributed by atoms with Gasteiger partial charge < -0.3 is 0 Å². The molecule has 1 aromatic heterocycles.